The van der Waals surface area contributed by atoms with Crippen LogP contribution in [0.3, 0.4) is 0 Å². The van der Waals surface area contributed by atoms with Gasteiger partial charge in [0.15, 0.2) is 11.4 Å². The molecular formula is C17H23N3O2S. The Hall–Kier alpha value is -1.50. The molecule has 1 saturated carbocycles. The highest BCUT2D eigenvalue weighted by Crippen LogP contribution is 2.29. The molecule has 0 radical (unpaired) electrons. The first-order valence-electron chi connectivity index (χ1n) is 8.07. The maximum Gasteiger partial charge on any atom is 0.181 e. The molecule has 2 aliphatic rings. The summed E-state index contributed by atoms with van der Waals surface area (Å²) in [6.45, 7) is 1.58. The van der Waals surface area contributed by atoms with Crippen molar-refractivity contribution in [2.24, 2.45) is 0 Å². The van der Waals surface area contributed by atoms with E-state index in [0.29, 0.717) is 17.1 Å². The Morgan fingerprint density at radius 2 is 1.78 bits per heavy atom. The third-order valence-corrected chi connectivity index (χ3v) is 5.19. The van der Waals surface area contributed by atoms with Gasteiger partial charge in [0.05, 0.1) is 7.11 Å². The number of nitrogens with one attached hydrogen (secondary N) is 3. The smallest absolute Gasteiger partial charge is 0.181 e. The Balaban J connectivity index is 1.78. The summed E-state index contributed by atoms with van der Waals surface area (Å²) in [5, 5.41) is 10.1. The van der Waals surface area contributed by atoms with Gasteiger partial charge in [-0.15, -0.1) is 0 Å². The van der Waals surface area contributed by atoms with E-state index < -0.39 is 5.66 Å². The average Bonchev–Trinajstić information content (AvgIpc) is 2.96. The van der Waals surface area contributed by atoms with Gasteiger partial charge < -0.3 is 10.1 Å². The lowest BCUT2D eigenvalue weighted by molar-refractivity contribution is -0.121. The summed E-state index contributed by atoms with van der Waals surface area (Å²) >= 11 is 5.58. The molecule has 2 fully saturated rings. The van der Waals surface area contributed by atoms with Gasteiger partial charge in [-0.1, -0.05) is 25.1 Å². The number of hydrogen-bond acceptors (Lipinski definition) is 5. The van der Waals surface area contributed by atoms with E-state index >= 15 is 0 Å². The standard InChI is InChI=1S/C17H23N3O2S/c1-11(21)17(19-14-5-3-4-6-15(14)20-17)16(23)18-12-7-9-13(22-2)10-8-12/h7-10,14-15,19-20H,3-6H2,1-2H3,(H,18,23)/t14-,15-/m1/s1. The van der Waals surface area contributed by atoms with Crippen LogP contribution in [-0.2, 0) is 4.79 Å². The van der Waals surface area contributed by atoms with Crippen molar-refractivity contribution >= 4 is 28.7 Å². The number of carbonyl (C=O) groups excluding carboxylic acids is 1. The fourth-order valence-electron chi connectivity index (χ4n) is 3.47. The summed E-state index contributed by atoms with van der Waals surface area (Å²) in [6.07, 6.45) is 4.56. The van der Waals surface area contributed by atoms with Crippen LogP contribution in [0.15, 0.2) is 24.3 Å². The molecule has 3 rings (SSSR count). The van der Waals surface area contributed by atoms with Crippen LogP contribution < -0.4 is 20.7 Å². The van der Waals surface area contributed by atoms with E-state index in [0.717, 1.165) is 24.3 Å². The van der Waals surface area contributed by atoms with Crippen LogP contribution in [0.2, 0.25) is 0 Å². The van der Waals surface area contributed by atoms with Crippen LogP contribution in [-0.4, -0.2) is 35.6 Å². The first-order valence-corrected chi connectivity index (χ1v) is 8.48. The maximum atomic E-state index is 12.4. The molecule has 23 heavy (non-hydrogen) atoms. The lowest BCUT2D eigenvalue weighted by atomic mass is 9.92. The van der Waals surface area contributed by atoms with Crippen LogP contribution in [0.1, 0.15) is 32.6 Å². The second-order valence-electron chi connectivity index (χ2n) is 6.27. The quantitative estimate of drug-likeness (QED) is 0.735. The van der Waals surface area contributed by atoms with Crippen molar-refractivity contribution in [2.75, 3.05) is 12.4 Å². The lowest BCUT2D eigenvalue weighted by Crippen LogP contribution is -2.63. The number of benzene rings is 1. The van der Waals surface area contributed by atoms with Crippen molar-refractivity contribution in [3.8, 4) is 5.75 Å². The Morgan fingerprint density at radius 3 is 2.26 bits per heavy atom. The van der Waals surface area contributed by atoms with E-state index in [9.17, 15) is 4.79 Å². The summed E-state index contributed by atoms with van der Waals surface area (Å²) in [5.41, 5.74) is -0.121. The van der Waals surface area contributed by atoms with Crippen molar-refractivity contribution in [1.29, 1.82) is 0 Å². The van der Waals surface area contributed by atoms with Crippen molar-refractivity contribution in [2.45, 2.75) is 50.4 Å². The van der Waals surface area contributed by atoms with Crippen LogP contribution >= 0.6 is 12.2 Å². The highest BCUT2D eigenvalue weighted by molar-refractivity contribution is 7.80. The fourth-order valence-corrected chi connectivity index (χ4v) is 3.85. The average molecular weight is 333 g/mol. The molecule has 1 heterocycles. The van der Waals surface area contributed by atoms with E-state index in [1.54, 1.807) is 14.0 Å². The first kappa shape index (κ1) is 16.4. The van der Waals surface area contributed by atoms with Gasteiger partial charge in [-0.2, -0.15) is 0 Å². The minimum atomic E-state index is -0.963. The molecule has 0 unspecified atom stereocenters. The van der Waals surface area contributed by atoms with E-state index in [1.165, 1.54) is 12.8 Å². The molecule has 2 atom stereocenters. The fraction of sp³-hybridized carbons (Fsp3) is 0.529. The van der Waals surface area contributed by atoms with Crippen molar-refractivity contribution in [3.63, 3.8) is 0 Å². The van der Waals surface area contributed by atoms with Gasteiger partial charge in [0.25, 0.3) is 0 Å². The molecule has 124 valence electrons. The molecule has 5 nitrogen and oxygen atoms in total. The maximum absolute atomic E-state index is 12.4. The zero-order valence-corrected chi connectivity index (χ0v) is 14.3. The van der Waals surface area contributed by atoms with Gasteiger partial charge in [0.2, 0.25) is 0 Å². The molecule has 1 aliphatic carbocycles. The lowest BCUT2D eigenvalue weighted by Gasteiger charge is -2.29. The molecule has 3 N–H and O–H groups in total. The first-order chi connectivity index (χ1) is 11.0. The number of fused-ring (bicyclic) bond motifs is 1. The molecule has 6 heteroatoms. The number of thiocarbonyl (C=S) groups is 1. The Bertz CT molecular complexity index is 588. The highest BCUT2D eigenvalue weighted by atomic mass is 32.1. The number of ketones is 1. The topological polar surface area (TPSA) is 62.4 Å². The number of rotatable bonds is 4. The van der Waals surface area contributed by atoms with E-state index in [4.69, 9.17) is 17.0 Å². The van der Waals surface area contributed by atoms with Crippen molar-refractivity contribution in [3.05, 3.63) is 24.3 Å². The predicted molar refractivity (Wildman–Crippen MR) is 94.9 cm³/mol. The van der Waals surface area contributed by atoms with E-state index in [1.807, 2.05) is 24.3 Å². The van der Waals surface area contributed by atoms with Crippen LogP contribution in [0.4, 0.5) is 5.69 Å². The summed E-state index contributed by atoms with van der Waals surface area (Å²) in [4.78, 5) is 12.8. The summed E-state index contributed by atoms with van der Waals surface area (Å²) in [6, 6.07) is 8.12. The van der Waals surface area contributed by atoms with Gasteiger partial charge in [0.1, 0.15) is 10.7 Å². The zero-order chi connectivity index (χ0) is 16.4. The van der Waals surface area contributed by atoms with Gasteiger partial charge in [-0.05, 0) is 44.0 Å². The predicted octanol–water partition coefficient (Wildman–Crippen LogP) is 2.22. The number of anilines is 1. The Morgan fingerprint density at radius 1 is 1.22 bits per heavy atom. The van der Waals surface area contributed by atoms with Crippen LogP contribution in [0.5, 0.6) is 5.75 Å². The molecule has 0 bridgehead atoms. The molecule has 0 spiro atoms. The van der Waals surface area contributed by atoms with Gasteiger partial charge in [-0.25, -0.2) is 0 Å². The number of methoxy groups -OCH3 is 1. The van der Waals surface area contributed by atoms with Crippen molar-refractivity contribution in [1.82, 2.24) is 10.6 Å². The molecule has 1 aromatic rings. The molecule has 1 aliphatic heterocycles. The zero-order valence-electron chi connectivity index (χ0n) is 13.5. The highest BCUT2D eigenvalue weighted by Gasteiger charge is 2.50. The number of ether oxygens (including phenoxy) is 1. The second-order valence-corrected chi connectivity index (χ2v) is 6.68. The SMILES string of the molecule is COc1ccc(NC(=S)C2(C(C)=O)N[C@@H]3CCCC[C@H]3N2)cc1. The second kappa shape index (κ2) is 6.55. The number of Topliss-reactive ketones (excluding diaryl/α,β-unsaturated/α-hetero) is 1. The normalized spacial score (nSPS) is 25.5. The monoisotopic (exact) mass is 333 g/mol. The Kier molecular flexibility index (Phi) is 4.66. The molecular weight excluding hydrogens is 310 g/mol. The summed E-state index contributed by atoms with van der Waals surface area (Å²) in [5.74, 6) is 0.781. The van der Waals surface area contributed by atoms with Gasteiger partial charge in [-0.3, -0.25) is 15.4 Å². The minimum absolute atomic E-state index is 0.00193. The van der Waals surface area contributed by atoms with E-state index in [2.05, 4.69) is 16.0 Å². The molecule has 1 aromatic carbocycles. The number of hydrogen-bond donors (Lipinski definition) is 3. The number of carbonyl (C=O) groups is 1. The molecule has 0 amide bonds. The summed E-state index contributed by atoms with van der Waals surface area (Å²) < 4.78 is 5.16. The minimum Gasteiger partial charge on any atom is -0.497 e. The summed E-state index contributed by atoms with van der Waals surface area (Å²) in [7, 11) is 1.63. The van der Waals surface area contributed by atoms with Crippen LogP contribution in [0, 0.1) is 0 Å². The van der Waals surface area contributed by atoms with Gasteiger partial charge >= 0.3 is 0 Å². The Labute approximate surface area is 142 Å². The van der Waals surface area contributed by atoms with Gasteiger partial charge in [0, 0.05) is 17.8 Å². The van der Waals surface area contributed by atoms with E-state index in [-0.39, 0.29) is 5.78 Å². The molecule has 1 saturated heterocycles. The van der Waals surface area contributed by atoms with Crippen molar-refractivity contribution < 1.29 is 9.53 Å². The largest absolute Gasteiger partial charge is 0.497 e. The van der Waals surface area contributed by atoms with Crippen LogP contribution in [0.25, 0.3) is 0 Å². The third kappa shape index (κ3) is 3.11. The third-order valence-electron chi connectivity index (χ3n) is 4.79. The molecule has 0 aromatic heterocycles.